The first-order valence-corrected chi connectivity index (χ1v) is 12.8. The Labute approximate surface area is 223 Å². The summed E-state index contributed by atoms with van der Waals surface area (Å²) in [5.74, 6) is -0.962. The van der Waals surface area contributed by atoms with Crippen molar-refractivity contribution in [2.45, 2.75) is 75.9 Å². The summed E-state index contributed by atoms with van der Waals surface area (Å²) in [6.07, 6.45) is -2.61. The predicted molar refractivity (Wildman–Crippen MR) is 137 cm³/mol. The van der Waals surface area contributed by atoms with Crippen LogP contribution in [-0.4, -0.2) is 41.7 Å². The molecule has 2 amide bonds. The van der Waals surface area contributed by atoms with E-state index in [1.807, 2.05) is 0 Å². The number of amides is 2. The van der Waals surface area contributed by atoms with Crippen LogP contribution >= 0.6 is 23.2 Å². The van der Waals surface area contributed by atoms with Gasteiger partial charge in [-0.05, 0) is 82.0 Å². The average Bonchev–Trinajstić information content (AvgIpc) is 3.05. The highest BCUT2D eigenvalue weighted by atomic mass is 35.5. The third-order valence-electron chi connectivity index (χ3n) is 6.68. The molecule has 6 nitrogen and oxygen atoms in total. The average molecular weight is 558 g/mol. The Bertz CT molecular complexity index is 1140. The maximum atomic E-state index is 13.1. The number of hydrogen-bond donors (Lipinski definition) is 2. The summed E-state index contributed by atoms with van der Waals surface area (Å²) in [4.78, 5) is 27.0. The van der Waals surface area contributed by atoms with E-state index in [2.05, 4.69) is 15.5 Å². The number of carbonyl (C=O) groups excluding carboxylic acids is 2. The first-order chi connectivity index (χ1) is 17.3. The predicted octanol–water partition coefficient (Wildman–Crippen LogP) is 6.36. The van der Waals surface area contributed by atoms with E-state index in [-0.39, 0.29) is 24.0 Å². The van der Waals surface area contributed by atoms with Crippen LogP contribution in [0.4, 0.5) is 24.5 Å². The van der Waals surface area contributed by atoms with E-state index in [0.29, 0.717) is 21.5 Å². The molecule has 2 aromatic carbocycles. The summed E-state index contributed by atoms with van der Waals surface area (Å²) >= 11 is 12.1. The minimum Gasteiger partial charge on any atom is -0.476 e. The minimum atomic E-state index is -4.55. The van der Waals surface area contributed by atoms with Crippen LogP contribution in [0.3, 0.4) is 0 Å². The van der Waals surface area contributed by atoms with E-state index in [1.165, 1.54) is 0 Å². The topological polar surface area (TPSA) is 70.7 Å². The van der Waals surface area contributed by atoms with Gasteiger partial charge in [0.2, 0.25) is 5.91 Å². The van der Waals surface area contributed by atoms with Crippen molar-refractivity contribution in [3.63, 3.8) is 0 Å². The maximum absolute atomic E-state index is 13.1. The Balaban J connectivity index is 1.35. The van der Waals surface area contributed by atoms with Crippen LogP contribution < -0.4 is 20.3 Å². The molecular weight excluding hydrogens is 530 g/mol. The van der Waals surface area contributed by atoms with Gasteiger partial charge in [-0.2, -0.15) is 13.2 Å². The molecule has 11 heteroatoms. The number of anilines is 2. The van der Waals surface area contributed by atoms with Gasteiger partial charge in [0.05, 0.1) is 5.02 Å². The summed E-state index contributed by atoms with van der Waals surface area (Å²) in [5, 5.41) is 6.21. The highest BCUT2D eigenvalue weighted by molar-refractivity contribution is 6.35. The Hall–Kier alpha value is -2.65. The van der Waals surface area contributed by atoms with Gasteiger partial charge in [-0.15, -0.1) is 0 Å². The fraction of sp³-hybridized carbons (Fsp3) is 0.462. The molecule has 2 heterocycles. The maximum Gasteiger partial charge on any atom is 0.397 e. The normalized spacial score (nSPS) is 21.5. The first-order valence-electron chi connectivity index (χ1n) is 12.0. The SMILES string of the molecule is CC(C)(Oc1ccc(Cl)cc1Cl)C(=O)NC1C[C@H]2CC[C@@H](C1)N2c1ccc(NC(=O)CC(F)(F)F)cc1. The second kappa shape index (κ2) is 10.6. The number of fused-ring (bicyclic) bond motifs is 2. The number of piperidine rings is 1. The lowest BCUT2D eigenvalue weighted by atomic mass is 9.95. The summed E-state index contributed by atoms with van der Waals surface area (Å²) in [5.41, 5.74) is 0.0997. The number of ether oxygens (including phenoxy) is 1. The molecule has 2 bridgehead atoms. The molecule has 200 valence electrons. The van der Waals surface area contributed by atoms with Crippen molar-refractivity contribution >= 4 is 46.4 Å². The number of halogens is 5. The van der Waals surface area contributed by atoms with Crippen molar-refractivity contribution in [1.82, 2.24) is 5.32 Å². The van der Waals surface area contributed by atoms with Crippen LogP contribution in [0.5, 0.6) is 5.75 Å². The van der Waals surface area contributed by atoms with Crippen molar-refractivity contribution in [3.05, 3.63) is 52.5 Å². The Morgan fingerprint density at radius 3 is 2.22 bits per heavy atom. The number of benzene rings is 2. The number of rotatable bonds is 7. The Morgan fingerprint density at radius 2 is 1.65 bits per heavy atom. The number of nitrogens with one attached hydrogen (secondary N) is 2. The van der Waals surface area contributed by atoms with Crippen LogP contribution in [0.15, 0.2) is 42.5 Å². The lowest BCUT2D eigenvalue weighted by Crippen LogP contribution is -2.55. The van der Waals surface area contributed by atoms with Gasteiger partial charge < -0.3 is 20.3 Å². The quantitative estimate of drug-likeness (QED) is 0.415. The van der Waals surface area contributed by atoms with Crippen molar-refractivity contribution in [3.8, 4) is 5.75 Å². The van der Waals surface area contributed by atoms with Crippen molar-refractivity contribution in [1.29, 1.82) is 0 Å². The van der Waals surface area contributed by atoms with Gasteiger partial charge in [0.1, 0.15) is 12.2 Å². The van der Waals surface area contributed by atoms with E-state index in [9.17, 15) is 22.8 Å². The standard InChI is InChI=1S/C26H28Cl2F3N3O3/c1-25(2,37-22-10-3-15(27)11-21(22)28)24(36)33-17-12-19-8-9-20(13-17)34(19)18-6-4-16(5-7-18)32-23(35)14-26(29,30)31/h3-7,10-11,17,19-20H,8-9,12-14H2,1-2H3,(H,32,35)(H,33,36)/t17?,19-,20+. The molecule has 1 unspecified atom stereocenters. The number of carbonyl (C=O) groups is 2. The van der Waals surface area contributed by atoms with Crippen LogP contribution in [0.2, 0.25) is 10.0 Å². The zero-order chi connectivity index (χ0) is 27.0. The third-order valence-corrected chi connectivity index (χ3v) is 7.21. The molecule has 0 radical (unpaired) electrons. The van der Waals surface area contributed by atoms with Crippen LogP contribution in [0.1, 0.15) is 46.0 Å². The van der Waals surface area contributed by atoms with Gasteiger partial charge in [-0.25, -0.2) is 0 Å². The van der Waals surface area contributed by atoms with Crippen LogP contribution in [-0.2, 0) is 9.59 Å². The molecule has 0 saturated carbocycles. The molecule has 37 heavy (non-hydrogen) atoms. The van der Waals surface area contributed by atoms with Gasteiger partial charge in [-0.3, -0.25) is 9.59 Å². The van der Waals surface area contributed by atoms with Gasteiger partial charge in [0.25, 0.3) is 5.91 Å². The molecule has 2 fully saturated rings. The summed E-state index contributed by atoms with van der Waals surface area (Å²) < 4.78 is 43.1. The van der Waals surface area contributed by atoms with Crippen molar-refractivity contribution in [2.75, 3.05) is 10.2 Å². The van der Waals surface area contributed by atoms with E-state index in [0.717, 1.165) is 31.4 Å². The molecule has 0 spiro atoms. The van der Waals surface area contributed by atoms with Gasteiger partial charge >= 0.3 is 6.18 Å². The number of nitrogens with zero attached hydrogens (tertiary/aromatic N) is 1. The smallest absolute Gasteiger partial charge is 0.397 e. The number of alkyl halides is 3. The summed E-state index contributed by atoms with van der Waals surface area (Å²) in [6, 6.07) is 12.1. The van der Waals surface area contributed by atoms with Crippen LogP contribution in [0, 0.1) is 0 Å². The molecule has 0 aliphatic carbocycles. The van der Waals surface area contributed by atoms with Gasteiger partial charge in [0.15, 0.2) is 5.60 Å². The highest BCUT2D eigenvalue weighted by Gasteiger charge is 2.42. The largest absolute Gasteiger partial charge is 0.476 e. The second-order valence-electron chi connectivity index (χ2n) is 10.0. The lowest BCUT2D eigenvalue weighted by molar-refractivity contribution is -0.150. The molecule has 2 aromatic rings. The fourth-order valence-electron chi connectivity index (χ4n) is 5.06. The summed E-state index contributed by atoms with van der Waals surface area (Å²) in [7, 11) is 0. The van der Waals surface area contributed by atoms with Gasteiger partial charge in [-0.1, -0.05) is 23.2 Å². The number of hydrogen-bond acceptors (Lipinski definition) is 4. The molecular formula is C26H28Cl2F3N3O3. The summed E-state index contributed by atoms with van der Waals surface area (Å²) in [6.45, 7) is 3.37. The van der Waals surface area contributed by atoms with E-state index >= 15 is 0 Å². The fourth-order valence-corrected chi connectivity index (χ4v) is 5.51. The molecule has 2 N–H and O–H groups in total. The first kappa shape index (κ1) is 27.4. The van der Waals surface area contributed by atoms with E-state index < -0.39 is 24.1 Å². The molecule has 3 atom stereocenters. The van der Waals surface area contributed by atoms with Crippen molar-refractivity contribution in [2.24, 2.45) is 0 Å². The molecule has 2 saturated heterocycles. The van der Waals surface area contributed by atoms with E-state index in [1.54, 1.807) is 56.3 Å². The third kappa shape index (κ3) is 6.82. The van der Waals surface area contributed by atoms with Crippen LogP contribution in [0.25, 0.3) is 0 Å². The van der Waals surface area contributed by atoms with Crippen molar-refractivity contribution < 1.29 is 27.5 Å². The highest BCUT2D eigenvalue weighted by Crippen LogP contribution is 2.40. The Morgan fingerprint density at radius 1 is 1.03 bits per heavy atom. The zero-order valence-corrected chi connectivity index (χ0v) is 21.9. The molecule has 0 aromatic heterocycles. The molecule has 2 aliphatic heterocycles. The molecule has 4 rings (SSSR count). The zero-order valence-electron chi connectivity index (χ0n) is 20.4. The van der Waals surface area contributed by atoms with E-state index in [4.69, 9.17) is 27.9 Å². The van der Waals surface area contributed by atoms with Gasteiger partial charge in [0, 0.05) is 34.5 Å². The molecule has 2 aliphatic rings. The lowest BCUT2D eigenvalue weighted by Gasteiger charge is -2.41. The Kier molecular flexibility index (Phi) is 7.85. The second-order valence-corrected chi connectivity index (χ2v) is 10.9. The monoisotopic (exact) mass is 557 g/mol. The minimum absolute atomic E-state index is 0.0225.